The number of nitrogens with zero attached hydrogens (tertiary/aromatic N) is 4. The molecule has 7 nitrogen and oxygen atoms in total. The Morgan fingerprint density at radius 3 is 2.89 bits per heavy atom. The van der Waals surface area contributed by atoms with Crippen molar-refractivity contribution < 1.29 is 9.53 Å². The van der Waals surface area contributed by atoms with Crippen LogP contribution in [0.5, 0.6) is 5.88 Å². The van der Waals surface area contributed by atoms with E-state index >= 15 is 0 Å². The summed E-state index contributed by atoms with van der Waals surface area (Å²) >= 11 is 0. The number of aromatic amines is 1. The molecule has 0 aliphatic carbocycles. The molecule has 1 aromatic carbocycles. The van der Waals surface area contributed by atoms with Crippen molar-refractivity contribution in [3.05, 3.63) is 59.9 Å². The van der Waals surface area contributed by atoms with E-state index in [-0.39, 0.29) is 5.91 Å². The minimum absolute atomic E-state index is 0.0440. The summed E-state index contributed by atoms with van der Waals surface area (Å²) in [7, 11) is 1.55. The number of hydrogen-bond acceptors (Lipinski definition) is 5. The first-order valence-electron chi connectivity index (χ1n) is 9.01. The van der Waals surface area contributed by atoms with Gasteiger partial charge in [0.2, 0.25) is 5.88 Å². The van der Waals surface area contributed by atoms with E-state index in [2.05, 4.69) is 20.4 Å². The molecule has 138 valence electrons. The summed E-state index contributed by atoms with van der Waals surface area (Å²) in [5.74, 6) is 0.813. The van der Waals surface area contributed by atoms with Crippen LogP contribution in [0, 0.1) is 0 Å². The lowest BCUT2D eigenvalue weighted by molar-refractivity contribution is 0.0706. The number of aromatic nitrogens is 4. The average Bonchev–Trinajstić information content (AvgIpc) is 3.28. The first-order chi connectivity index (χ1) is 13.2. The molecule has 0 spiro atoms. The fourth-order valence-electron chi connectivity index (χ4n) is 3.49. The number of hydrogen-bond donors (Lipinski definition) is 1. The van der Waals surface area contributed by atoms with E-state index in [0.29, 0.717) is 29.6 Å². The maximum atomic E-state index is 13.0. The Morgan fingerprint density at radius 2 is 2.15 bits per heavy atom. The van der Waals surface area contributed by atoms with Gasteiger partial charge in [-0.05, 0) is 37.1 Å². The topological polar surface area (TPSA) is 84.0 Å². The van der Waals surface area contributed by atoms with Crippen molar-refractivity contribution in [2.24, 2.45) is 0 Å². The van der Waals surface area contributed by atoms with Crippen molar-refractivity contribution in [3.63, 3.8) is 0 Å². The highest BCUT2D eigenvalue weighted by Crippen LogP contribution is 2.27. The minimum atomic E-state index is 0.0440. The number of methoxy groups -OCH3 is 1. The normalized spacial score (nSPS) is 16.9. The van der Waals surface area contributed by atoms with Gasteiger partial charge in [0.1, 0.15) is 0 Å². The van der Waals surface area contributed by atoms with Crippen LogP contribution in [0.3, 0.4) is 0 Å². The number of likely N-dealkylation sites (tertiary alicyclic amines) is 1. The first kappa shape index (κ1) is 17.2. The summed E-state index contributed by atoms with van der Waals surface area (Å²) in [5.41, 5.74) is 3.32. The molecular formula is C20H21N5O2. The van der Waals surface area contributed by atoms with Gasteiger partial charge in [-0.2, -0.15) is 5.10 Å². The third kappa shape index (κ3) is 3.67. The van der Waals surface area contributed by atoms with Gasteiger partial charge in [-0.25, -0.2) is 0 Å². The standard InChI is InChI=1S/C20H21N5O2/c1-27-19-8-7-17(23-24-19)14-4-2-5-15(12-14)20(26)25-11-3-6-16(13-25)18-9-10-21-22-18/h2,4-5,7-10,12,16H,3,6,11,13H2,1H3,(H,21,22). The summed E-state index contributed by atoms with van der Waals surface area (Å²) in [6.45, 7) is 1.48. The number of nitrogens with one attached hydrogen (secondary N) is 1. The van der Waals surface area contributed by atoms with Crippen molar-refractivity contribution in [3.8, 4) is 17.1 Å². The fraction of sp³-hybridized carbons (Fsp3) is 0.300. The molecule has 1 unspecified atom stereocenters. The zero-order valence-corrected chi connectivity index (χ0v) is 15.1. The predicted octanol–water partition coefficient (Wildman–Crippen LogP) is 2.90. The lowest BCUT2D eigenvalue weighted by Gasteiger charge is -2.32. The number of ether oxygens (including phenoxy) is 1. The molecule has 1 fully saturated rings. The zero-order chi connectivity index (χ0) is 18.6. The second kappa shape index (κ2) is 7.57. The molecule has 0 bridgehead atoms. The summed E-state index contributed by atoms with van der Waals surface area (Å²) < 4.78 is 5.05. The van der Waals surface area contributed by atoms with Crippen molar-refractivity contribution in [1.82, 2.24) is 25.3 Å². The summed E-state index contributed by atoms with van der Waals surface area (Å²) in [4.78, 5) is 15.0. The third-order valence-electron chi connectivity index (χ3n) is 4.93. The van der Waals surface area contributed by atoms with E-state index in [1.165, 1.54) is 0 Å². The second-order valence-corrected chi connectivity index (χ2v) is 6.64. The molecule has 1 amide bonds. The molecule has 0 saturated carbocycles. The molecule has 0 radical (unpaired) electrons. The smallest absolute Gasteiger partial charge is 0.253 e. The van der Waals surface area contributed by atoms with Crippen LogP contribution in [0.15, 0.2) is 48.7 Å². The molecule has 2 aromatic heterocycles. The monoisotopic (exact) mass is 363 g/mol. The van der Waals surface area contributed by atoms with Crippen LogP contribution in [0.4, 0.5) is 0 Å². The lowest BCUT2D eigenvalue weighted by Crippen LogP contribution is -2.39. The first-order valence-corrected chi connectivity index (χ1v) is 9.01. The van der Waals surface area contributed by atoms with Crippen LogP contribution in [-0.4, -0.2) is 51.4 Å². The van der Waals surface area contributed by atoms with Gasteiger partial charge in [0.15, 0.2) is 0 Å². The minimum Gasteiger partial charge on any atom is -0.480 e. The molecule has 27 heavy (non-hydrogen) atoms. The van der Waals surface area contributed by atoms with E-state index in [1.54, 1.807) is 19.4 Å². The van der Waals surface area contributed by atoms with Crippen molar-refractivity contribution in [1.29, 1.82) is 0 Å². The number of rotatable bonds is 4. The van der Waals surface area contributed by atoms with E-state index in [0.717, 1.165) is 30.6 Å². The van der Waals surface area contributed by atoms with Gasteiger partial charge in [-0.3, -0.25) is 9.89 Å². The van der Waals surface area contributed by atoms with Crippen molar-refractivity contribution in [2.75, 3.05) is 20.2 Å². The highest BCUT2D eigenvalue weighted by Gasteiger charge is 2.26. The van der Waals surface area contributed by atoms with E-state index in [1.807, 2.05) is 41.3 Å². The van der Waals surface area contributed by atoms with Crippen LogP contribution in [0.25, 0.3) is 11.3 Å². The van der Waals surface area contributed by atoms with E-state index < -0.39 is 0 Å². The quantitative estimate of drug-likeness (QED) is 0.770. The van der Waals surface area contributed by atoms with Gasteiger partial charge >= 0.3 is 0 Å². The average molecular weight is 363 g/mol. The number of carbonyl (C=O) groups is 1. The SMILES string of the molecule is COc1ccc(-c2cccc(C(=O)N3CCCC(c4ccn[nH]4)C3)c2)nn1. The Balaban J connectivity index is 1.53. The van der Waals surface area contributed by atoms with Gasteiger partial charge in [0.05, 0.1) is 12.8 Å². The zero-order valence-electron chi connectivity index (χ0n) is 15.1. The molecule has 4 rings (SSSR count). The van der Waals surface area contributed by atoms with Crippen LogP contribution >= 0.6 is 0 Å². The molecule has 1 aliphatic heterocycles. The Morgan fingerprint density at radius 1 is 1.22 bits per heavy atom. The van der Waals surface area contributed by atoms with Crippen LogP contribution < -0.4 is 4.74 Å². The summed E-state index contributed by atoms with van der Waals surface area (Å²) in [5, 5.41) is 15.2. The number of carbonyl (C=O) groups excluding carboxylic acids is 1. The highest BCUT2D eigenvalue weighted by atomic mass is 16.5. The van der Waals surface area contributed by atoms with Crippen LogP contribution in [-0.2, 0) is 0 Å². The third-order valence-corrected chi connectivity index (χ3v) is 4.93. The molecule has 1 aliphatic rings. The second-order valence-electron chi connectivity index (χ2n) is 6.64. The Bertz CT molecular complexity index is 908. The number of benzene rings is 1. The maximum absolute atomic E-state index is 13.0. The van der Waals surface area contributed by atoms with Crippen molar-refractivity contribution >= 4 is 5.91 Å². The van der Waals surface area contributed by atoms with Gasteiger partial charge < -0.3 is 9.64 Å². The molecule has 1 atom stereocenters. The molecule has 3 heterocycles. The van der Waals surface area contributed by atoms with Crippen molar-refractivity contribution in [2.45, 2.75) is 18.8 Å². The van der Waals surface area contributed by atoms with E-state index in [9.17, 15) is 4.79 Å². The maximum Gasteiger partial charge on any atom is 0.253 e. The van der Waals surface area contributed by atoms with E-state index in [4.69, 9.17) is 4.74 Å². The number of piperidine rings is 1. The summed E-state index contributed by atoms with van der Waals surface area (Å²) in [6.07, 6.45) is 3.81. The van der Waals surface area contributed by atoms with Crippen LogP contribution in [0.1, 0.15) is 34.8 Å². The Hall–Kier alpha value is -3.22. The molecule has 3 aromatic rings. The highest BCUT2D eigenvalue weighted by molar-refractivity contribution is 5.95. The Labute approximate surface area is 157 Å². The molecule has 1 saturated heterocycles. The van der Waals surface area contributed by atoms with Crippen LogP contribution in [0.2, 0.25) is 0 Å². The van der Waals surface area contributed by atoms with Gasteiger partial charge in [0.25, 0.3) is 5.91 Å². The fourth-order valence-corrected chi connectivity index (χ4v) is 3.49. The van der Waals surface area contributed by atoms with Gasteiger partial charge in [-0.15, -0.1) is 10.2 Å². The molecule has 7 heteroatoms. The molecular weight excluding hydrogens is 342 g/mol. The lowest BCUT2D eigenvalue weighted by atomic mass is 9.94. The molecule has 1 N–H and O–H groups in total. The number of amides is 1. The van der Waals surface area contributed by atoms with Gasteiger partial charge in [0, 0.05) is 48.1 Å². The largest absolute Gasteiger partial charge is 0.480 e. The van der Waals surface area contributed by atoms with Gasteiger partial charge in [-0.1, -0.05) is 12.1 Å². The Kier molecular flexibility index (Phi) is 4.82. The predicted molar refractivity (Wildman–Crippen MR) is 100 cm³/mol. The number of H-pyrrole nitrogens is 1. The summed E-state index contributed by atoms with van der Waals surface area (Å²) in [6, 6.07) is 13.1.